The van der Waals surface area contributed by atoms with Gasteiger partial charge < -0.3 is 9.47 Å². The molecule has 5 nitrogen and oxygen atoms in total. The summed E-state index contributed by atoms with van der Waals surface area (Å²) in [5, 5.41) is 0. The average molecular weight is 241 g/mol. The minimum absolute atomic E-state index is 0.159. The van der Waals surface area contributed by atoms with Crippen molar-refractivity contribution in [2.45, 2.75) is 45.8 Å². The molecule has 1 unspecified atom stereocenters. The summed E-state index contributed by atoms with van der Waals surface area (Å²) in [5.74, 6) is -0.346. The predicted octanol–water partition coefficient (Wildman–Crippen LogP) is 2.07. The molecule has 0 bridgehead atoms. The van der Waals surface area contributed by atoms with Crippen molar-refractivity contribution >= 4 is 12.1 Å². The maximum atomic E-state index is 11.8. The Balaban J connectivity index is 2.53. The maximum absolute atomic E-state index is 11.8. The Hall–Kier alpha value is -1.52. The molecule has 0 N–H and O–H groups in total. The van der Waals surface area contributed by atoms with E-state index >= 15 is 0 Å². The highest BCUT2D eigenvalue weighted by Gasteiger charge is 2.29. The van der Waals surface area contributed by atoms with Crippen LogP contribution in [-0.2, 0) is 14.3 Å². The summed E-state index contributed by atoms with van der Waals surface area (Å²) in [7, 11) is 0. The smallest absolute Gasteiger partial charge is 0.414 e. The second kappa shape index (κ2) is 5.21. The molecule has 1 heterocycles. The molecule has 5 heteroatoms. The summed E-state index contributed by atoms with van der Waals surface area (Å²) in [4.78, 5) is 24.0. The lowest BCUT2D eigenvalue weighted by Crippen LogP contribution is -2.40. The van der Waals surface area contributed by atoms with Crippen LogP contribution in [0.25, 0.3) is 0 Å². The van der Waals surface area contributed by atoms with E-state index in [2.05, 4.69) is 0 Å². The van der Waals surface area contributed by atoms with Gasteiger partial charge in [-0.05, 0) is 27.2 Å². The molecule has 96 valence electrons. The van der Waals surface area contributed by atoms with E-state index in [1.165, 1.54) is 11.8 Å². The molecular weight excluding hydrogens is 222 g/mol. The van der Waals surface area contributed by atoms with Crippen LogP contribution in [0.2, 0.25) is 0 Å². The third kappa shape index (κ3) is 4.46. The predicted molar refractivity (Wildman–Crippen MR) is 62.3 cm³/mol. The van der Waals surface area contributed by atoms with Crippen LogP contribution in [0.1, 0.15) is 34.1 Å². The van der Waals surface area contributed by atoms with Crippen molar-refractivity contribution in [2.24, 2.45) is 0 Å². The highest BCUT2D eigenvalue weighted by Crippen LogP contribution is 2.19. The molecule has 0 saturated heterocycles. The topological polar surface area (TPSA) is 55.8 Å². The fourth-order valence-corrected chi connectivity index (χ4v) is 1.45. The summed E-state index contributed by atoms with van der Waals surface area (Å²) in [5.41, 5.74) is -0.528. The lowest BCUT2D eigenvalue weighted by atomic mass is 10.2. The molecule has 1 amide bonds. The van der Waals surface area contributed by atoms with Gasteiger partial charge in [0.2, 0.25) is 0 Å². The third-order valence-corrected chi connectivity index (χ3v) is 2.15. The first-order chi connectivity index (χ1) is 7.79. The number of esters is 1. The largest absolute Gasteiger partial charge is 0.464 e. The standard InChI is InChI=1S/C12H19NO4/c1-9(14)16-8-10-6-5-7-13(10)11(15)17-12(2,3)4/h5,7,10H,6,8H2,1-4H3. The normalized spacial score (nSPS) is 19.3. The van der Waals surface area contributed by atoms with Gasteiger partial charge in [-0.3, -0.25) is 9.69 Å². The molecule has 0 spiro atoms. The molecule has 0 aliphatic carbocycles. The van der Waals surface area contributed by atoms with E-state index in [9.17, 15) is 9.59 Å². The van der Waals surface area contributed by atoms with Gasteiger partial charge in [-0.2, -0.15) is 0 Å². The van der Waals surface area contributed by atoms with Crippen LogP contribution in [0.5, 0.6) is 0 Å². The number of carbonyl (C=O) groups is 2. The lowest BCUT2D eigenvalue weighted by molar-refractivity contribution is -0.142. The van der Waals surface area contributed by atoms with E-state index in [0.29, 0.717) is 6.42 Å². The van der Waals surface area contributed by atoms with Crippen LogP contribution in [-0.4, -0.2) is 35.2 Å². The van der Waals surface area contributed by atoms with E-state index in [1.54, 1.807) is 6.20 Å². The Kier molecular flexibility index (Phi) is 4.15. The molecule has 0 saturated carbocycles. The van der Waals surface area contributed by atoms with Gasteiger partial charge in [0.25, 0.3) is 0 Å². The quantitative estimate of drug-likeness (QED) is 0.694. The number of amides is 1. The first-order valence-corrected chi connectivity index (χ1v) is 5.61. The number of ether oxygens (including phenoxy) is 2. The first-order valence-electron chi connectivity index (χ1n) is 5.61. The van der Waals surface area contributed by atoms with Crippen molar-refractivity contribution in [3.8, 4) is 0 Å². The van der Waals surface area contributed by atoms with Gasteiger partial charge in [0.05, 0.1) is 6.04 Å². The highest BCUT2D eigenvalue weighted by molar-refractivity contribution is 5.70. The van der Waals surface area contributed by atoms with Crippen molar-refractivity contribution in [1.82, 2.24) is 4.90 Å². The van der Waals surface area contributed by atoms with Crippen LogP contribution in [0.3, 0.4) is 0 Å². The monoisotopic (exact) mass is 241 g/mol. The molecular formula is C12H19NO4. The van der Waals surface area contributed by atoms with E-state index in [0.717, 1.165) is 0 Å². The summed E-state index contributed by atoms with van der Waals surface area (Å²) in [6.45, 7) is 6.98. The second-order valence-electron chi connectivity index (χ2n) is 4.96. The fraction of sp³-hybridized carbons (Fsp3) is 0.667. The molecule has 1 rings (SSSR count). The van der Waals surface area contributed by atoms with Gasteiger partial charge >= 0.3 is 12.1 Å². The summed E-state index contributed by atoms with van der Waals surface area (Å²) in [6, 6.07) is -0.159. The Morgan fingerprint density at radius 2 is 2.06 bits per heavy atom. The van der Waals surface area contributed by atoms with Gasteiger partial charge in [0.1, 0.15) is 12.2 Å². The molecule has 1 aliphatic heterocycles. The second-order valence-corrected chi connectivity index (χ2v) is 4.96. The van der Waals surface area contributed by atoms with Gasteiger partial charge in [0, 0.05) is 13.1 Å². The zero-order valence-corrected chi connectivity index (χ0v) is 10.7. The molecule has 17 heavy (non-hydrogen) atoms. The first kappa shape index (κ1) is 13.5. The van der Waals surface area contributed by atoms with Crippen LogP contribution in [0, 0.1) is 0 Å². The number of rotatable bonds is 2. The zero-order chi connectivity index (χ0) is 13.1. The molecule has 0 aromatic heterocycles. The Morgan fingerprint density at radius 3 is 2.59 bits per heavy atom. The SMILES string of the molecule is CC(=O)OCC1CC=CN1C(=O)OC(C)(C)C. The minimum Gasteiger partial charge on any atom is -0.464 e. The number of carbonyl (C=O) groups excluding carboxylic acids is 2. The Bertz CT molecular complexity index is 330. The minimum atomic E-state index is -0.528. The lowest BCUT2D eigenvalue weighted by Gasteiger charge is -2.27. The summed E-state index contributed by atoms with van der Waals surface area (Å²) >= 11 is 0. The van der Waals surface area contributed by atoms with Gasteiger partial charge in [-0.25, -0.2) is 4.79 Å². The zero-order valence-electron chi connectivity index (χ0n) is 10.7. The van der Waals surface area contributed by atoms with Crippen LogP contribution < -0.4 is 0 Å². The Labute approximate surface area is 101 Å². The van der Waals surface area contributed by atoms with Crippen LogP contribution in [0.4, 0.5) is 4.79 Å². The maximum Gasteiger partial charge on any atom is 0.414 e. The van der Waals surface area contributed by atoms with E-state index in [1.807, 2.05) is 26.8 Å². The van der Waals surface area contributed by atoms with Crippen molar-refractivity contribution < 1.29 is 19.1 Å². The molecule has 1 aliphatic rings. The average Bonchev–Trinajstić information content (AvgIpc) is 2.59. The van der Waals surface area contributed by atoms with Crippen LogP contribution >= 0.6 is 0 Å². The molecule has 0 aromatic rings. The number of hydrogen-bond acceptors (Lipinski definition) is 4. The number of hydrogen-bond donors (Lipinski definition) is 0. The summed E-state index contributed by atoms with van der Waals surface area (Å²) in [6.07, 6.45) is 3.79. The Morgan fingerprint density at radius 1 is 1.41 bits per heavy atom. The molecule has 1 atom stereocenters. The number of nitrogens with zero attached hydrogens (tertiary/aromatic N) is 1. The van der Waals surface area contributed by atoms with Crippen molar-refractivity contribution in [1.29, 1.82) is 0 Å². The fourth-order valence-electron chi connectivity index (χ4n) is 1.45. The molecule has 0 aromatic carbocycles. The van der Waals surface area contributed by atoms with Crippen molar-refractivity contribution in [3.63, 3.8) is 0 Å². The van der Waals surface area contributed by atoms with E-state index < -0.39 is 11.7 Å². The third-order valence-electron chi connectivity index (χ3n) is 2.15. The molecule has 0 radical (unpaired) electrons. The van der Waals surface area contributed by atoms with Gasteiger partial charge in [0.15, 0.2) is 0 Å². The van der Waals surface area contributed by atoms with Crippen molar-refractivity contribution in [3.05, 3.63) is 12.3 Å². The molecule has 0 fully saturated rings. The van der Waals surface area contributed by atoms with E-state index in [-0.39, 0.29) is 18.6 Å². The van der Waals surface area contributed by atoms with Crippen molar-refractivity contribution in [2.75, 3.05) is 6.61 Å². The van der Waals surface area contributed by atoms with Gasteiger partial charge in [-0.1, -0.05) is 6.08 Å². The van der Waals surface area contributed by atoms with E-state index in [4.69, 9.17) is 9.47 Å². The summed E-state index contributed by atoms with van der Waals surface area (Å²) < 4.78 is 10.2. The van der Waals surface area contributed by atoms with Gasteiger partial charge in [-0.15, -0.1) is 0 Å². The van der Waals surface area contributed by atoms with Crippen LogP contribution in [0.15, 0.2) is 12.3 Å². The highest BCUT2D eigenvalue weighted by atomic mass is 16.6.